The number of anilines is 1. The van der Waals surface area contributed by atoms with Crippen molar-refractivity contribution < 1.29 is 19.1 Å². The van der Waals surface area contributed by atoms with E-state index in [2.05, 4.69) is 15.4 Å². The highest BCUT2D eigenvalue weighted by molar-refractivity contribution is 5.99. The van der Waals surface area contributed by atoms with Gasteiger partial charge in [0.15, 0.2) is 11.9 Å². The van der Waals surface area contributed by atoms with Crippen LogP contribution in [-0.2, 0) is 16.6 Å². The summed E-state index contributed by atoms with van der Waals surface area (Å²) in [5.41, 5.74) is 2.57. The van der Waals surface area contributed by atoms with E-state index in [4.69, 9.17) is 4.74 Å². The first-order chi connectivity index (χ1) is 11.2. The lowest BCUT2D eigenvalue weighted by Crippen LogP contribution is -2.30. The molecule has 0 saturated heterocycles. The van der Waals surface area contributed by atoms with Crippen LogP contribution in [0, 0.1) is 13.8 Å². The highest BCUT2D eigenvalue weighted by Crippen LogP contribution is 2.19. The standard InChI is InChI=1S/C16H20N4O4/c1-8-14(9(2)20(5)19-8)18-15(22)11(4)24-16(23)13-6-12(7-17-13)10(3)21/h6-7,11,17H,1-5H3,(H,18,22)/t11-/m0/s1. The normalized spacial score (nSPS) is 11.9. The molecule has 0 aliphatic heterocycles. The van der Waals surface area contributed by atoms with Gasteiger partial charge in [-0.2, -0.15) is 5.10 Å². The number of rotatable bonds is 5. The highest BCUT2D eigenvalue weighted by Gasteiger charge is 2.22. The van der Waals surface area contributed by atoms with Crippen LogP contribution in [0.25, 0.3) is 0 Å². The van der Waals surface area contributed by atoms with Crippen LogP contribution in [0.3, 0.4) is 0 Å². The number of nitrogens with one attached hydrogen (secondary N) is 2. The number of esters is 1. The molecule has 0 bridgehead atoms. The molecule has 1 atom stereocenters. The van der Waals surface area contributed by atoms with Gasteiger partial charge >= 0.3 is 5.97 Å². The van der Waals surface area contributed by atoms with Crippen molar-refractivity contribution in [3.8, 4) is 0 Å². The minimum Gasteiger partial charge on any atom is -0.448 e. The Morgan fingerprint density at radius 2 is 2.00 bits per heavy atom. The lowest BCUT2D eigenvalue weighted by atomic mass is 10.2. The van der Waals surface area contributed by atoms with Crippen LogP contribution >= 0.6 is 0 Å². The molecule has 2 aromatic heterocycles. The van der Waals surface area contributed by atoms with Gasteiger partial charge in [0, 0.05) is 18.8 Å². The fraction of sp³-hybridized carbons (Fsp3) is 0.375. The van der Waals surface area contributed by atoms with E-state index in [0.29, 0.717) is 16.9 Å². The van der Waals surface area contributed by atoms with E-state index in [-0.39, 0.29) is 11.5 Å². The Morgan fingerprint density at radius 1 is 1.33 bits per heavy atom. The lowest BCUT2D eigenvalue weighted by Gasteiger charge is -2.13. The number of ether oxygens (including phenoxy) is 1. The summed E-state index contributed by atoms with van der Waals surface area (Å²) < 4.78 is 6.79. The molecule has 2 heterocycles. The maximum Gasteiger partial charge on any atom is 0.355 e. The summed E-state index contributed by atoms with van der Waals surface area (Å²) in [4.78, 5) is 38.1. The van der Waals surface area contributed by atoms with Gasteiger partial charge in [-0.05, 0) is 33.8 Å². The molecule has 0 aromatic carbocycles. The largest absolute Gasteiger partial charge is 0.448 e. The number of Topliss-reactive ketones (excluding diaryl/α,β-unsaturated/α-hetero) is 1. The van der Waals surface area contributed by atoms with E-state index >= 15 is 0 Å². The van der Waals surface area contributed by atoms with Crippen LogP contribution in [0.5, 0.6) is 0 Å². The van der Waals surface area contributed by atoms with Crippen LogP contribution in [0.4, 0.5) is 5.69 Å². The third-order valence-corrected chi connectivity index (χ3v) is 3.72. The summed E-state index contributed by atoms with van der Waals surface area (Å²) in [6, 6.07) is 1.39. The van der Waals surface area contributed by atoms with E-state index in [0.717, 1.165) is 5.69 Å². The van der Waals surface area contributed by atoms with E-state index in [9.17, 15) is 14.4 Å². The van der Waals surface area contributed by atoms with Crippen molar-refractivity contribution in [2.75, 3.05) is 5.32 Å². The van der Waals surface area contributed by atoms with E-state index in [1.165, 1.54) is 26.1 Å². The number of hydrogen-bond acceptors (Lipinski definition) is 5. The van der Waals surface area contributed by atoms with Crippen molar-refractivity contribution in [1.82, 2.24) is 14.8 Å². The number of ketones is 1. The zero-order chi connectivity index (χ0) is 18.0. The summed E-state index contributed by atoms with van der Waals surface area (Å²) in [7, 11) is 1.78. The third-order valence-electron chi connectivity index (χ3n) is 3.72. The third kappa shape index (κ3) is 3.53. The van der Waals surface area contributed by atoms with Gasteiger partial charge in [-0.15, -0.1) is 0 Å². The molecule has 2 aromatic rings. The monoisotopic (exact) mass is 332 g/mol. The number of amides is 1. The average Bonchev–Trinajstić information content (AvgIpc) is 3.08. The number of H-pyrrole nitrogens is 1. The fourth-order valence-electron chi connectivity index (χ4n) is 2.17. The van der Waals surface area contributed by atoms with Crippen molar-refractivity contribution in [1.29, 1.82) is 0 Å². The fourth-order valence-corrected chi connectivity index (χ4v) is 2.17. The Hall–Kier alpha value is -2.90. The maximum atomic E-state index is 12.2. The van der Waals surface area contributed by atoms with Gasteiger partial charge in [0.2, 0.25) is 0 Å². The number of carbonyl (C=O) groups excluding carboxylic acids is 3. The zero-order valence-electron chi connectivity index (χ0n) is 14.3. The summed E-state index contributed by atoms with van der Waals surface area (Å²) in [6.45, 7) is 6.48. The van der Waals surface area contributed by atoms with E-state index in [1.54, 1.807) is 18.7 Å². The second-order valence-electron chi connectivity index (χ2n) is 5.56. The van der Waals surface area contributed by atoms with Gasteiger partial charge in [0.25, 0.3) is 5.91 Å². The van der Waals surface area contributed by atoms with Crippen molar-refractivity contribution >= 4 is 23.3 Å². The molecule has 2 rings (SSSR count). The Morgan fingerprint density at radius 3 is 2.50 bits per heavy atom. The quantitative estimate of drug-likeness (QED) is 0.641. The predicted octanol–water partition coefficient (Wildman–Crippen LogP) is 1.75. The molecule has 128 valence electrons. The van der Waals surface area contributed by atoms with Gasteiger partial charge in [-0.25, -0.2) is 4.79 Å². The van der Waals surface area contributed by atoms with Crippen LogP contribution < -0.4 is 5.32 Å². The minimum absolute atomic E-state index is 0.119. The molecule has 2 N–H and O–H groups in total. The predicted molar refractivity (Wildman–Crippen MR) is 87.0 cm³/mol. The minimum atomic E-state index is -0.999. The van der Waals surface area contributed by atoms with E-state index < -0.39 is 18.0 Å². The highest BCUT2D eigenvalue weighted by atomic mass is 16.5. The molecular weight excluding hydrogens is 312 g/mol. The molecule has 8 heteroatoms. The Kier molecular flexibility index (Phi) is 4.87. The topological polar surface area (TPSA) is 106 Å². The first-order valence-electron chi connectivity index (χ1n) is 7.42. The van der Waals surface area contributed by atoms with Crippen LogP contribution in [0.15, 0.2) is 12.3 Å². The maximum absolute atomic E-state index is 12.2. The van der Waals surface area contributed by atoms with Crippen molar-refractivity contribution in [2.24, 2.45) is 7.05 Å². The summed E-state index contributed by atoms with van der Waals surface area (Å²) in [5, 5.41) is 6.92. The molecule has 0 aliphatic rings. The van der Waals surface area contributed by atoms with Crippen molar-refractivity contribution in [3.63, 3.8) is 0 Å². The summed E-state index contributed by atoms with van der Waals surface area (Å²) >= 11 is 0. The first kappa shape index (κ1) is 17.5. The summed E-state index contributed by atoms with van der Waals surface area (Å²) in [6.07, 6.45) is 0.423. The molecule has 0 fully saturated rings. The van der Waals surface area contributed by atoms with Crippen LogP contribution in [-0.4, -0.2) is 38.5 Å². The van der Waals surface area contributed by atoms with Gasteiger partial charge in [-0.3, -0.25) is 14.3 Å². The SMILES string of the molecule is CC(=O)c1c[nH]c(C(=O)O[C@@H](C)C(=O)Nc2c(C)nn(C)c2C)c1. The van der Waals surface area contributed by atoms with Crippen molar-refractivity contribution in [2.45, 2.75) is 33.8 Å². The Bertz CT molecular complexity index is 803. The second-order valence-corrected chi connectivity index (χ2v) is 5.56. The number of aryl methyl sites for hydroxylation is 2. The first-order valence-corrected chi connectivity index (χ1v) is 7.42. The van der Waals surface area contributed by atoms with Gasteiger partial charge in [0.1, 0.15) is 5.69 Å². The number of carbonyl (C=O) groups is 3. The van der Waals surface area contributed by atoms with Gasteiger partial charge in [-0.1, -0.05) is 0 Å². The van der Waals surface area contributed by atoms with Crippen LogP contribution in [0.1, 0.15) is 46.1 Å². The average molecular weight is 332 g/mol. The molecule has 24 heavy (non-hydrogen) atoms. The molecule has 0 spiro atoms. The molecular formula is C16H20N4O4. The molecule has 8 nitrogen and oxygen atoms in total. The zero-order valence-corrected chi connectivity index (χ0v) is 14.3. The Balaban J connectivity index is 2.02. The van der Waals surface area contributed by atoms with Gasteiger partial charge in [0.05, 0.1) is 17.1 Å². The molecule has 0 unspecified atom stereocenters. The number of hydrogen-bond donors (Lipinski definition) is 2. The van der Waals surface area contributed by atoms with Crippen molar-refractivity contribution in [3.05, 3.63) is 34.9 Å². The second kappa shape index (κ2) is 6.69. The van der Waals surface area contributed by atoms with Gasteiger partial charge < -0.3 is 15.0 Å². The molecule has 0 saturated carbocycles. The number of nitrogens with zero attached hydrogens (tertiary/aromatic N) is 2. The molecule has 1 amide bonds. The number of aromatic nitrogens is 3. The van der Waals surface area contributed by atoms with Crippen LogP contribution in [0.2, 0.25) is 0 Å². The lowest BCUT2D eigenvalue weighted by molar-refractivity contribution is -0.123. The smallest absolute Gasteiger partial charge is 0.355 e. The summed E-state index contributed by atoms with van der Waals surface area (Å²) in [5.74, 6) is -1.33. The number of aromatic amines is 1. The Labute approximate surface area is 139 Å². The molecule has 0 aliphatic carbocycles. The molecule has 0 radical (unpaired) electrons. The van der Waals surface area contributed by atoms with E-state index in [1.807, 2.05) is 6.92 Å².